The molecule has 0 aliphatic heterocycles. The summed E-state index contributed by atoms with van der Waals surface area (Å²) >= 11 is 0. The average Bonchev–Trinajstić information content (AvgIpc) is 2.16. The lowest BCUT2D eigenvalue weighted by atomic mass is 10.2. The Morgan fingerprint density at radius 2 is 1.58 bits per heavy atom. The van der Waals surface area contributed by atoms with Crippen molar-refractivity contribution in [3.63, 3.8) is 0 Å². The van der Waals surface area contributed by atoms with Gasteiger partial charge in [0.1, 0.15) is 19.6 Å². The molecule has 0 bridgehead atoms. The molecule has 1 aromatic carbocycles. The Bertz CT molecular complexity index is 202. The van der Waals surface area contributed by atoms with E-state index in [2.05, 4.69) is 49.1 Å². The molecule has 0 heterocycles. The Kier molecular flexibility index (Phi) is 3.81. The van der Waals surface area contributed by atoms with E-state index < -0.39 is 0 Å². The standard InChI is InChI=1S/C11H17N/c1-3-12(4-2)10-11-8-6-5-7-9-11/h5-9H,3-4,10H2,1-2H3/q+1. The SMILES string of the molecule is CC[N+](CC)Cc1ccccc1. The number of benzene rings is 1. The highest BCUT2D eigenvalue weighted by molar-refractivity contribution is 5.14. The quantitative estimate of drug-likeness (QED) is 0.601. The van der Waals surface area contributed by atoms with Gasteiger partial charge in [-0.05, 0) is 13.8 Å². The minimum Gasteiger partial charge on any atom is -0.166 e. The summed E-state index contributed by atoms with van der Waals surface area (Å²) in [7, 11) is 0. The van der Waals surface area contributed by atoms with Crippen molar-refractivity contribution in [1.82, 2.24) is 4.90 Å². The van der Waals surface area contributed by atoms with Crippen LogP contribution in [0, 0.1) is 0 Å². The van der Waals surface area contributed by atoms with Gasteiger partial charge in [-0.25, -0.2) is 0 Å². The van der Waals surface area contributed by atoms with Crippen molar-refractivity contribution < 1.29 is 0 Å². The summed E-state index contributed by atoms with van der Waals surface area (Å²) in [5.41, 5.74) is 1.40. The molecule has 1 radical (unpaired) electrons. The number of nitrogens with zero attached hydrogens (tertiary/aromatic N) is 1. The lowest BCUT2D eigenvalue weighted by molar-refractivity contribution is 0.440. The van der Waals surface area contributed by atoms with Gasteiger partial charge in [0.25, 0.3) is 0 Å². The van der Waals surface area contributed by atoms with E-state index in [1.54, 1.807) is 0 Å². The first-order chi connectivity index (χ1) is 5.86. The number of hydrogen-bond donors (Lipinski definition) is 0. The zero-order chi connectivity index (χ0) is 8.81. The first kappa shape index (κ1) is 9.27. The molecule has 1 heteroatoms. The van der Waals surface area contributed by atoms with E-state index in [1.165, 1.54) is 5.56 Å². The predicted molar refractivity (Wildman–Crippen MR) is 53.4 cm³/mol. The van der Waals surface area contributed by atoms with Crippen LogP contribution in [0.1, 0.15) is 19.4 Å². The second-order valence-corrected chi connectivity index (χ2v) is 2.95. The molecule has 0 atom stereocenters. The van der Waals surface area contributed by atoms with Crippen LogP contribution in [-0.4, -0.2) is 13.1 Å². The molecule has 0 amide bonds. The lowest BCUT2D eigenvalue weighted by Crippen LogP contribution is -2.28. The fourth-order valence-corrected chi connectivity index (χ4v) is 1.29. The smallest absolute Gasteiger partial charge is 0.148 e. The molecule has 0 saturated carbocycles. The summed E-state index contributed by atoms with van der Waals surface area (Å²) in [5.74, 6) is 0. The molecular formula is C11H17N+. The van der Waals surface area contributed by atoms with E-state index in [4.69, 9.17) is 0 Å². The van der Waals surface area contributed by atoms with Gasteiger partial charge in [-0.3, -0.25) is 0 Å². The van der Waals surface area contributed by atoms with Crippen molar-refractivity contribution >= 4 is 0 Å². The second-order valence-electron chi connectivity index (χ2n) is 2.95. The Morgan fingerprint density at radius 3 is 2.08 bits per heavy atom. The summed E-state index contributed by atoms with van der Waals surface area (Å²) in [6.07, 6.45) is 0. The zero-order valence-electron chi connectivity index (χ0n) is 7.96. The molecule has 0 saturated heterocycles. The largest absolute Gasteiger partial charge is 0.166 e. The maximum Gasteiger partial charge on any atom is 0.148 e. The summed E-state index contributed by atoms with van der Waals surface area (Å²) in [6.45, 7) is 7.74. The van der Waals surface area contributed by atoms with Gasteiger partial charge in [0.05, 0.1) is 0 Å². The second kappa shape index (κ2) is 4.94. The summed E-state index contributed by atoms with van der Waals surface area (Å²) < 4.78 is 0. The van der Waals surface area contributed by atoms with Crippen LogP contribution >= 0.6 is 0 Å². The normalized spacial score (nSPS) is 10.6. The first-order valence-electron chi connectivity index (χ1n) is 4.63. The third-order valence-electron chi connectivity index (χ3n) is 2.14. The van der Waals surface area contributed by atoms with Gasteiger partial charge >= 0.3 is 0 Å². The first-order valence-corrected chi connectivity index (χ1v) is 4.63. The minimum absolute atomic E-state index is 1.08. The Hall–Kier alpha value is -0.820. The molecule has 0 N–H and O–H groups in total. The van der Waals surface area contributed by atoms with E-state index in [9.17, 15) is 0 Å². The minimum atomic E-state index is 1.08. The Morgan fingerprint density at radius 1 is 1.00 bits per heavy atom. The third kappa shape index (κ3) is 2.67. The maximum absolute atomic E-state index is 2.41. The highest BCUT2D eigenvalue weighted by Gasteiger charge is 2.08. The highest BCUT2D eigenvalue weighted by Crippen LogP contribution is 2.01. The molecule has 1 nitrogen and oxygen atoms in total. The van der Waals surface area contributed by atoms with E-state index in [0.29, 0.717) is 0 Å². The van der Waals surface area contributed by atoms with Crippen molar-refractivity contribution in [1.29, 1.82) is 0 Å². The molecule has 0 fully saturated rings. The van der Waals surface area contributed by atoms with Crippen LogP contribution in [0.4, 0.5) is 0 Å². The van der Waals surface area contributed by atoms with E-state index in [-0.39, 0.29) is 0 Å². The molecule has 1 rings (SSSR count). The van der Waals surface area contributed by atoms with Gasteiger partial charge in [0.2, 0.25) is 0 Å². The van der Waals surface area contributed by atoms with Crippen LogP contribution in [0.5, 0.6) is 0 Å². The topological polar surface area (TPSA) is 5.90 Å². The average molecular weight is 163 g/mol. The highest BCUT2D eigenvalue weighted by atomic mass is 15.1. The summed E-state index contributed by atoms with van der Waals surface area (Å²) in [4.78, 5) is 2.41. The Balaban J connectivity index is 2.51. The van der Waals surface area contributed by atoms with Gasteiger partial charge in [-0.15, -0.1) is 0 Å². The van der Waals surface area contributed by atoms with Crippen molar-refractivity contribution in [2.45, 2.75) is 20.4 Å². The van der Waals surface area contributed by atoms with Gasteiger partial charge < -0.3 is 0 Å². The molecule has 0 aromatic heterocycles. The molecular weight excluding hydrogens is 146 g/mol. The predicted octanol–water partition coefficient (Wildman–Crippen LogP) is 2.37. The van der Waals surface area contributed by atoms with Crippen LogP contribution in [0.2, 0.25) is 0 Å². The van der Waals surface area contributed by atoms with Crippen LogP contribution in [0.3, 0.4) is 0 Å². The van der Waals surface area contributed by atoms with Crippen LogP contribution in [0.25, 0.3) is 0 Å². The van der Waals surface area contributed by atoms with E-state index >= 15 is 0 Å². The molecule has 0 aliphatic carbocycles. The van der Waals surface area contributed by atoms with Crippen molar-refractivity contribution in [2.75, 3.05) is 13.1 Å². The maximum atomic E-state index is 2.41. The van der Waals surface area contributed by atoms with Gasteiger partial charge in [-0.2, -0.15) is 4.90 Å². The number of rotatable bonds is 4. The lowest BCUT2D eigenvalue weighted by Gasteiger charge is -2.07. The van der Waals surface area contributed by atoms with Crippen LogP contribution in [-0.2, 0) is 6.54 Å². The molecule has 65 valence electrons. The molecule has 0 unspecified atom stereocenters. The van der Waals surface area contributed by atoms with Crippen LogP contribution < -0.4 is 4.90 Å². The molecule has 0 spiro atoms. The molecule has 12 heavy (non-hydrogen) atoms. The zero-order valence-corrected chi connectivity index (χ0v) is 7.96. The monoisotopic (exact) mass is 163 g/mol. The number of hydrogen-bond acceptors (Lipinski definition) is 1. The van der Waals surface area contributed by atoms with Gasteiger partial charge in [-0.1, -0.05) is 30.3 Å². The fourth-order valence-electron chi connectivity index (χ4n) is 1.29. The third-order valence-corrected chi connectivity index (χ3v) is 2.14. The van der Waals surface area contributed by atoms with Crippen LogP contribution in [0.15, 0.2) is 30.3 Å². The van der Waals surface area contributed by atoms with E-state index in [0.717, 1.165) is 19.6 Å². The Labute approximate surface area is 75.0 Å². The van der Waals surface area contributed by atoms with Crippen molar-refractivity contribution in [3.05, 3.63) is 35.9 Å². The van der Waals surface area contributed by atoms with Gasteiger partial charge in [0, 0.05) is 5.56 Å². The van der Waals surface area contributed by atoms with Crippen molar-refractivity contribution in [2.24, 2.45) is 0 Å². The molecule has 1 aromatic rings. The molecule has 0 aliphatic rings. The van der Waals surface area contributed by atoms with Crippen molar-refractivity contribution in [3.8, 4) is 0 Å². The van der Waals surface area contributed by atoms with E-state index in [1.807, 2.05) is 0 Å². The summed E-state index contributed by atoms with van der Waals surface area (Å²) in [6, 6.07) is 10.6. The summed E-state index contributed by atoms with van der Waals surface area (Å²) in [5, 5.41) is 0. The van der Waals surface area contributed by atoms with Gasteiger partial charge in [0.15, 0.2) is 0 Å². The fraction of sp³-hybridized carbons (Fsp3) is 0.455.